The number of sulfonamides is 1. The van der Waals surface area contributed by atoms with Gasteiger partial charge >= 0.3 is 0 Å². The standard InChI is InChI=1S/C29H37N5O4S3/c1-3-22(4-9-28(30)38-27-7-5-23(6-8-27)32-41(2,36)37)18-33-14-10-25(11-15-33)34(26-13-17-40-21-26)19-29(35)31-24-12-16-39-20-24/h3-8,12-13,16-17,20-21,25,28,32H,1,9-11,14-15,18-19,30H2,2H3,(H,31,35)/b22-4+. The molecule has 0 aliphatic carbocycles. The van der Waals surface area contributed by atoms with Crippen molar-refractivity contribution in [2.45, 2.75) is 31.5 Å². The van der Waals surface area contributed by atoms with Crippen molar-refractivity contribution >= 4 is 55.7 Å². The minimum absolute atomic E-state index is 0.00558. The summed E-state index contributed by atoms with van der Waals surface area (Å²) in [6.45, 7) is 6.91. The Morgan fingerprint density at radius 1 is 1.15 bits per heavy atom. The van der Waals surface area contributed by atoms with E-state index in [1.807, 2.05) is 22.9 Å². The van der Waals surface area contributed by atoms with Crippen LogP contribution in [-0.2, 0) is 14.8 Å². The molecule has 1 aliphatic rings. The third kappa shape index (κ3) is 10.0. The molecule has 3 aromatic rings. The normalized spacial score (nSPS) is 15.7. The number of piperidine rings is 1. The molecule has 220 valence electrons. The molecule has 0 saturated carbocycles. The smallest absolute Gasteiger partial charge is 0.243 e. The lowest BCUT2D eigenvalue weighted by Gasteiger charge is -2.39. The van der Waals surface area contributed by atoms with Gasteiger partial charge in [0.25, 0.3) is 0 Å². The summed E-state index contributed by atoms with van der Waals surface area (Å²) in [6.07, 6.45) is 6.88. The molecule has 3 heterocycles. The van der Waals surface area contributed by atoms with Crippen LogP contribution in [0.4, 0.5) is 17.1 Å². The molecule has 1 saturated heterocycles. The summed E-state index contributed by atoms with van der Waals surface area (Å²) in [5.74, 6) is 0.556. The van der Waals surface area contributed by atoms with Gasteiger partial charge in [-0.25, -0.2) is 8.42 Å². The monoisotopic (exact) mass is 615 g/mol. The van der Waals surface area contributed by atoms with Crippen molar-refractivity contribution < 1.29 is 17.9 Å². The van der Waals surface area contributed by atoms with E-state index in [0.29, 0.717) is 24.4 Å². The maximum atomic E-state index is 12.8. The van der Waals surface area contributed by atoms with E-state index in [9.17, 15) is 13.2 Å². The number of nitrogens with zero attached hydrogens (tertiary/aromatic N) is 2. The van der Waals surface area contributed by atoms with Gasteiger partial charge in [-0.15, -0.1) is 0 Å². The molecule has 0 bridgehead atoms. The first-order valence-electron chi connectivity index (χ1n) is 13.3. The number of hydrogen-bond donors (Lipinski definition) is 3. The van der Waals surface area contributed by atoms with Crippen molar-refractivity contribution in [3.05, 3.63) is 82.2 Å². The highest BCUT2D eigenvalue weighted by molar-refractivity contribution is 7.92. The number of hydrogen-bond acceptors (Lipinski definition) is 9. The Balaban J connectivity index is 1.26. The van der Waals surface area contributed by atoms with Gasteiger partial charge in [0.05, 0.1) is 18.5 Å². The summed E-state index contributed by atoms with van der Waals surface area (Å²) in [5.41, 5.74) is 9.68. The third-order valence-electron chi connectivity index (χ3n) is 6.68. The molecule has 2 aromatic heterocycles. The van der Waals surface area contributed by atoms with E-state index in [-0.39, 0.29) is 11.9 Å². The van der Waals surface area contributed by atoms with Crippen LogP contribution < -0.4 is 25.4 Å². The fourth-order valence-corrected chi connectivity index (χ4v) is 6.51. The molecule has 1 fully saturated rings. The highest BCUT2D eigenvalue weighted by Crippen LogP contribution is 2.26. The second kappa shape index (κ2) is 14.6. The van der Waals surface area contributed by atoms with E-state index < -0.39 is 16.3 Å². The average molecular weight is 616 g/mol. The van der Waals surface area contributed by atoms with E-state index in [1.54, 1.807) is 46.9 Å². The van der Waals surface area contributed by atoms with Gasteiger partial charge in [-0.2, -0.15) is 22.7 Å². The van der Waals surface area contributed by atoms with Crippen LogP contribution in [0.15, 0.2) is 82.2 Å². The maximum absolute atomic E-state index is 12.8. The van der Waals surface area contributed by atoms with E-state index in [2.05, 4.69) is 49.3 Å². The molecule has 9 nitrogen and oxygen atoms in total. The van der Waals surface area contributed by atoms with E-state index in [1.165, 1.54) is 0 Å². The van der Waals surface area contributed by atoms with Crippen LogP contribution in [0.2, 0.25) is 0 Å². The first-order chi connectivity index (χ1) is 19.7. The van der Waals surface area contributed by atoms with Crippen LogP contribution in [0.25, 0.3) is 0 Å². The van der Waals surface area contributed by atoms with Crippen LogP contribution in [0.5, 0.6) is 5.75 Å². The second-order valence-corrected chi connectivity index (χ2v) is 13.3. The second-order valence-electron chi connectivity index (χ2n) is 9.95. The zero-order chi connectivity index (χ0) is 29.2. The predicted molar refractivity (Wildman–Crippen MR) is 170 cm³/mol. The Kier molecular flexibility index (Phi) is 11.0. The molecular formula is C29H37N5O4S3. The van der Waals surface area contributed by atoms with Crippen molar-refractivity contribution in [3.8, 4) is 5.75 Å². The molecule has 0 spiro atoms. The Labute approximate surface area is 250 Å². The van der Waals surface area contributed by atoms with Gasteiger partial charge in [-0.3, -0.25) is 20.2 Å². The lowest BCUT2D eigenvalue weighted by Crippen LogP contribution is -2.47. The molecule has 4 N–H and O–H groups in total. The summed E-state index contributed by atoms with van der Waals surface area (Å²) < 4.78 is 31.0. The van der Waals surface area contributed by atoms with Gasteiger partial charge in [0, 0.05) is 54.2 Å². The molecule has 12 heteroatoms. The Bertz CT molecular complexity index is 1380. The summed E-state index contributed by atoms with van der Waals surface area (Å²) in [7, 11) is -3.33. The maximum Gasteiger partial charge on any atom is 0.243 e. The van der Waals surface area contributed by atoms with Gasteiger partial charge in [0.1, 0.15) is 5.75 Å². The fourth-order valence-electron chi connectivity index (χ4n) is 4.71. The molecule has 1 atom stereocenters. The molecule has 1 aliphatic heterocycles. The van der Waals surface area contributed by atoms with Gasteiger partial charge in [0.15, 0.2) is 6.23 Å². The Morgan fingerprint density at radius 2 is 1.85 bits per heavy atom. The average Bonchev–Trinajstić information content (AvgIpc) is 3.65. The van der Waals surface area contributed by atoms with Crippen molar-refractivity contribution in [2.75, 3.05) is 47.4 Å². The largest absolute Gasteiger partial charge is 0.475 e. The van der Waals surface area contributed by atoms with Crippen molar-refractivity contribution in [3.63, 3.8) is 0 Å². The van der Waals surface area contributed by atoms with Crippen LogP contribution in [-0.4, -0.2) is 63.9 Å². The highest BCUT2D eigenvalue weighted by atomic mass is 32.2. The zero-order valence-electron chi connectivity index (χ0n) is 23.1. The molecule has 0 radical (unpaired) electrons. The van der Waals surface area contributed by atoms with Crippen molar-refractivity contribution in [2.24, 2.45) is 5.73 Å². The first kappa shape index (κ1) is 30.8. The highest BCUT2D eigenvalue weighted by Gasteiger charge is 2.27. The minimum Gasteiger partial charge on any atom is -0.475 e. The lowest BCUT2D eigenvalue weighted by atomic mass is 10.0. The summed E-state index contributed by atoms with van der Waals surface area (Å²) >= 11 is 3.20. The number of thiophene rings is 2. The van der Waals surface area contributed by atoms with Crippen molar-refractivity contribution in [1.29, 1.82) is 0 Å². The Morgan fingerprint density at radius 3 is 2.46 bits per heavy atom. The molecule has 1 unspecified atom stereocenters. The number of carbonyl (C=O) groups is 1. The predicted octanol–water partition coefficient (Wildman–Crippen LogP) is 4.96. The van der Waals surface area contributed by atoms with Crippen LogP contribution in [0, 0.1) is 0 Å². The van der Waals surface area contributed by atoms with Crippen LogP contribution >= 0.6 is 22.7 Å². The number of amides is 1. The number of benzene rings is 1. The van der Waals surface area contributed by atoms with Crippen LogP contribution in [0.3, 0.4) is 0 Å². The number of anilines is 3. The van der Waals surface area contributed by atoms with Crippen molar-refractivity contribution in [1.82, 2.24) is 4.90 Å². The number of nitrogens with two attached hydrogens (primary N) is 1. The van der Waals surface area contributed by atoms with Gasteiger partial charge < -0.3 is 15.0 Å². The summed E-state index contributed by atoms with van der Waals surface area (Å²) in [6, 6.07) is 10.9. The Hall–Kier alpha value is -3.16. The van der Waals surface area contributed by atoms with Crippen LogP contribution in [0.1, 0.15) is 19.3 Å². The number of likely N-dealkylation sites (tertiary alicyclic amines) is 1. The SMILES string of the molecule is C=C/C(=C\CC(N)Oc1ccc(NS(C)(=O)=O)cc1)CN1CCC(N(CC(=O)Nc2ccsc2)c2ccsc2)CC1. The summed E-state index contributed by atoms with van der Waals surface area (Å²) in [5, 5.41) is 11.1. The molecule has 41 heavy (non-hydrogen) atoms. The number of ether oxygens (including phenoxy) is 1. The topological polar surface area (TPSA) is 117 Å². The lowest BCUT2D eigenvalue weighted by molar-refractivity contribution is -0.115. The van der Waals surface area contributed by atoms with E-state index >= 15 is 0 Å². The number of carbonyl (C=O) groups excluding carboxylic acids is 1. The zero-order valence-corrected chi connectivity index (χ0v) is 25.5. The van der Waals surface area contributed by atoms with Gasteiger partial charge in [-0.05, 0) is 65.6 Å². The van der Waals surface area contributed by atoms with E-state index in [0.717, 1.165) is 55.7 Å². The molecule has 4 rings (SSSR count). The first-order valence-corrected chi connectivity index (χ1v) is 17.1. The quantitative estimate of drug-likeness (QED) is 0.173. The van der Waals surface area contributed by atoms with E-state index in [4.69, 9.17) is 10.5 Å². The summed E-state index contributed by atoms with van der Waals surface area (Å²) in [4.78, 5) is 17.4. The molecule has 1 aromatic carbocycles. The molecule has 1 amide bonds. The fraction of sp³-hybridized carbons (Fsp3) is 0.345. The third-order valence-corrected chi connectivity index (χ3v) is 8.64. The number of rotatable bonds is 14. The van der Waals surface area contributed by atoms with Gasteiger partial charge in [0.2, 0.25) is 15.9 Å². The minimum atomic E-state index is -3.33. The molecular weight excluding hydrogens is 579 g/mol. The van der Waals surface area contributed by atoms with Gasteiger partial charge in [-0.1, -0.05) is 18.7 Å². The number of nitrogens with one attached hydrogen (secondary N) is 2.